The van der Waals surface area contributed by atoms with Crippen LogP contribution < -0.4 is 0 Å². The summed E-state index contributed by atoms with van der Waals surface area (Å²) in [4.78, 5) is 0. The summed E-state index contributed by atoms with van der Waals surface area (Å²) < 4.78 is 6.69. The van der Waals surface area contributed by atoms with E-state index in [-0.39, 0.29) is 30.2 Å². The molecular formula is C48H62Cl2SiZr. The van der Waals surface area contributed by atoms with E-state index in [0.717, 1.165) is 12.3 Å². The Morgan fingerprint density at radius 3 is 1.73 bits per heavy atom. The molecule has 4 aromatic rings. The molecule has 3 aliphatic rings. The number of halogens is 2. The fourth-order valence-corrected chi connectivity index (χ4v) is 30.1. The van der Waals surface area contributed by atoms with Crippen LogP contribution in [0.2, 0.25) is 9.26 Å². The smallest absolute Gasteiger partial charge is 0.147 e. The number of hydrogen-bond donors (Lipinski definition) is 0. The van der Waals surface area contributed by atoms with Gasteiger partial charge in [0.2, 0.25) is 0 Å². The van der Waals surface area contributed by atoms with Gasteiger partial charge in [0.25, 0.3) is 0 Å². The van der Waals surface area contributed by atoms with Crippen molar-refractivity contribution in [3.8, 4) is 22.3 Å². The molecule has 0 heterocycles. The SMILES string of the molecule is CCC1=Cc2c(-c3ccc(C4CCCCC4)cc3)cccc2[CH]1[Zr]([CH3])([CH3])(=[SiH2])[CH]1C(C(C)CC)=Cc2c(-c3ccc(C(C)(C)C)cc3)cccc21.Cl.Cl. The minimum absolute atomic E-state index is 0. The van der Waals surface area contributed by atoms with Gasteiger partial charge in [0.15, 0.2) is 0 Å². The maximum atomic E-state index is 2.81. The van der Waals surface area contributed by atoms with Crippen molar-refractivity contribution >= 4 is 43.8 Å². The second kappa shape index (κ2) is 15.6. The Balaban J connectivity index is 0.00000261. The molecule has 0 nitrogen and oxygen atoms in total. The molecule has 0 aliphatic heterocycles. The largest absolute Gasteiger partial charge is 0.147 e. The summed E-state index contributed by atoms with van der Waals surface area (Å²) in [6.45, 7) is 16.7. The van der Waals surface area contributed by atoms with Crippen molar-refractivity contribution < 1.29 is 17.4 Å². The molecule has 0 saturated heterocycles. The van der Waals surface area contributed by atoms with Gasteiger partial charge in [0.05, 0.1) is 0 Å². The van der Waals surface area contributed by atoms with Gasteiger partial charge in [0.1, 0.15) is 0 Å². The molecule has 3 atom stereocenters. The first-order valence-corrected chi connectivity index (χ1v) is 33.4. The Kier molecular flexibility index (Phi) is 12.4. The fraction of sp³-hybridized carbons (Fsp3) is 0.417. The Morgan fingerprint density at radius 1 is 0.692 bits per heavy atom. The number of rotatable bonds is 8. The Bertz CT molecular complexity index is 2030. The van der Waals surface area contributed by atoms with E-state index < -0.39 is 17.4 Å². The second-order valence-electron chi connectivity index (χ2n) is 18.2. The van der Waals surface area contributed by atoms with Crippen molar-refractivity contribution in [2.24, 2.45) is 5.92 Å². The minimum atomic E-state index is -3.73. The van der Waals surface area contributed by atoms with E-state index in [4.69, 9.17) is 0 Å². The van der Waals surface area contributed by atoms with Crippen LogP contribution in [0.3, 0.4) is 0 Å². The van der Waals surface area contributed by atoms with Gasteiger partial charge in [-0.2, -0.15) is 0 Å². The maximum absolute atomic E-state index is 3.73. The van der Waals surface area contributed by atoms with Crippen LogP contribution in [-0.2, 0) is 22.8 Å². The predicted octanol–water partition coefficient (Wildman–Crippen LogP) is 14.6. The van der Waals surface area contributed by atoms with Crippen LogP contribution in [0.5, 0.6) is 0 Å². The zero-order valence-electron chi connectivity index (χ0n) is 33.0. The average Bonchev–Trinajstić information content (AvgIpc) is 3.72. The average molecular weight is 829 g/mol. The van der Waals surface area contributed by atoms with Crippen LogP contribution in [0.25, 0.3) is 34.4 Å². The monoisotopic (exact) mass is 826 g/mol. The van der Waals surface area contributed by atoms with Crippen LogP contribution in [0.15, 0.2) is 96.1 Å². The molecule has 4 aromatic carbocycles. The van der Waals surface area contributed by atoms with Crippen molar-refractivity contribution in [2.75, 3.05) is 0 Å². The van der Waals surface area contributed by atoms with Gasteiger partial charge in [-0.3, -0.25) is 0 Å². The Labute approximate surface area is 330 Å². The molecular weight excluding hydrogens is 767 g/mol. The number of hydrogen-bond acceptors (Lipinski definition) is 0. The summed E-state index contributed by atoms with van der Waals surface area (Å²) in [6, 6.07) is 33.7. The topological polar surface area (TPSA) is 0 Å². The number of benzene rings is 4. The maximum Gasteiger partial charge on any atom is -0.147 e. The first kappa shape index (κ1) is 41.2. The molecule has 276 valence electrons. The van der Waals surface area contributed by atoms with Gasteiger partial charge in [-0.25, -0.2) is 0 Å². The standard InChI is InChI=1S/C23H25.C23H27.2CH3.2ClH.H2Si.Zr/c1-2-17-15-21-9-6-10-22(23(21)16-17)20-13-11-19(12-14-20)18-7-4-3-5-8-18;1-6-16(2)19-14-18-8-7-9-21(22(18)15-19)17-10-12-20(13-11-17)23(3,4)5;;;;;;/h6,9-16,18H,2-5,7-8H2,1H3;7-16H,6H2,1-5H3;2*1H3;2*1H;1H2;. The summed E-state index contributed by atoms with van der Waals surface area (Å²) >= 11 is -3.73. The normalized spacial score (nSPS) is 19.5. The third-order valence-corrected chi connectivity index (χ3v) is 30.5. The van der Waals surface area contributed by atoms with Crippen LogP contribution in [0.4, 0.5) is 0 Å². The molecule has 1 saturated carbocycles. The van der Waals surface area contributed by atoms with Crippen LogP contribution in [0, 0.1) is 5.92 Å². The van der Waals surface area contributed by atoms with Crippen LogP contribution >= 0.6 is 24.8 Å². The summed E-state index contributed by atoms with van der Waals surface area (Å²) in [6.07, 6.45) is 14.5. The fourth-order valence-electron chi connectivity index (χ4n) is 10.2. The molecule has 4 heteroatoms. The van der Waals surface area contributed by atoms with Crippen molar-refractivity contribution in [1.82, 2.24) is 0 Å². The minimum Gasteiger partial charge on any atom is -0.147 e. The number of fused-ring (bicyclic) bond motifs is 2. The molecule has 1 fully saturated rings. The van der Waals surface area contributed by atoms with E-state index in [1.165, 1.54) is 77.5 Å². The van der Waals surface area contributed by atoms with E-state index in [2.05, 4.69) is 155 Å². The van der Waals surface area contributed by atoms with Gasteiger partial charge >= 0.3 is 308 Å². The van der Waals surface area contributed by atoms with Crippen molar-refractivity contribution in [3.63, 3.8) is 0 Å². The first-order valence-electron chi connectivity index (χ1n) is 19.8. The molecule has 0 amide bonds. The van der Waals surface area contributed by atoms with Crippen molar-refractivity contribution in [3.05, 3.63) is 129 Å². The molecule has 3 aliphatic carbocycles. The molecule has 0 aromatic heterocycles. The quantitative estimate of drug-likeness (QED) is 0.155. The van der Waals surface area contributed by atoms with Crippen LogP contribution in [-0.4, -0.2) is 6.88 Å². The number of allylic oxidation sites excluding steroid dienone is 2. The van der Waals surface area contributed by atoms with E-state index in [9.17, 15) is 0 Å². The summed E-state index contributed by atoms with van der Waals surface area (Å²) in [5.41, 5.74) is 18.2. The third kappa shape index (κ3) is 7.38. The Hall–Kier alpha value is -1.96. The van der Waals surface area contributed by atoms with E-state index in [1.54, 1.807) is 27.8 Å². The van der Waals surface area contributed by atoms with Gasteiger partial charge in [-0.15, -0.1) is 24.8 Å². The van der Waals surface area contributed by atoms with Crippen molar-refractivity contribution in [1.29, 1.82) is 0 Å². The molecule has 52 heavy (non-hydrogen) atoms. The zero-order chi connectivity index (χ0) is 35.4. The van der Waals surface area contributed by atoms with Gasteiger partial charge in [0, 0.05) is 0 Å². The van der Waals surface area contributed by atoms with Gasteiger partial charge < -0.3 is 0 Å². The van der Waals surface area contributed by atoms with E-state index >= 15 is 0 Å². The second-order valence-corrected chi connectivity index (χ2v) is 48.7. The zero-order valence-corrected chi connectivity index (χ0v) is 38.5. The predicted molar refractivity (Wildman–Crippen MR) is 234 cm³/mol. The van der Waals surface area contributed by atoms with Gasteiger partial charge in [-0.05, 0) is 0 Å². The molecule has 0 bridgehead atoms. The Morgan fingerprint density at radius 2 is 1.21 bits per heavy atom. The van der Waals surface area contributed by atoms with Crippen LogP contribution in [0.1, 0.15) is 133 Å². The summed E-state index contributed by atoms with van der Waals surface area (Å²) in [5.74, 6) is 1.31. The summed E-state index contributed by atoms with van der Waals surface area (Å²) in [7, 11) is 0. The molecule has 0 radical (unpaired) electrons. The van der Waals surface area contributed by atoms with E-state index in [1.807, 2.05) is 0 Å². The first-order chi connectivity index (χ1) is 23.8. The third-order valence-electron chi connectivity index (χ3n) is 13.1. The molecule has 3 unspecified atom stereocenters. The molecule has 0 spiro atoms. The summed E-state index contributed by atoms with van der Waals surface area (Å²) in [5, 5.41) is 0. The van der Waals surface area contributed by atoms with Crippen molar-refractivity contribution in [2.45, 2.75) is 114 Å². The molecule has 7 rings (SSSR count). The molecule has 0 N–H and O–H groups in total. The van der Waals surface area contributed by atoms with E-state index in [0.29, 0.717) is 13.2 Å². The van der Waals surface area contributed by atoms with Gasteiger partial charge in [-0.1, -0.05) is 0 Å².